The lowest BCUT2D eigenvalue weighted by atomic mass is 10.3. The number of furan rings is 2. The number of rotatable bonds is 1. The third-order valence-electron chi connectivity index (χ3n) is 2.09. The van der Waals surface area contributed by atoms with Crippen LogP contribution in [0.4, 0.5) is 0 Å². The third kappa shape index (κ3) is 1.03. The Morgan fingerprint density at radius 1 is 1.14 bits per heavy atom. The van der Waals surface area contributed by atoms with Gasteiger partial charge in [-0.15, -0.1) is 0 Å². The van der Waals surface area contributed by atoms with Crippen LogP contribution < -0.4 is 0 Å². The van der Waals surface area contributed by atoms with E-state index >= 15 is 0 Å². The highest BCUT2D eigenvalue weighted by atomic mass is 16.4. The molecule has 14 heavy (non-hydrogen) atoms. The monoisotopic (exact) mass is 185 g/mol. The van der Waals surface area contributed by atoms with Crippen LogP contribution in [0.25, 0.3) is 22.5 Å². The van der Waals surface area contributed by atoms with Crippen LogP contribution in [-0.4, -0.2) is 4.98 Å². The standard InChI is InChI=1S/C11H7NO2/c1-2-9(13-5-1)10-6-8-3-4-12-7-11(8)14-10/h1-7H. The number of hydrogen-bond donors (Lipinski definition) is 0. The molecule has 0 aliphatic carbocycles. The summed E-state index contributed by atoms with van der Waals surface area (Å²) < 4.78 is 10.8. The number of aromatic nitrogens is 1. The van der Waals surface area contributed by atoms with Gasteiger partial charge in [-0.25, -0.2) is 0 Å². The van der Waals surface area contributed by atoms with Gasteiger partial charge in [-0.3, -0.25) is 4.98 Å². The molecule has 68 valence electrons. The van der Waals surface area contributed by atoms with Crippen LogP contribution in [0.15, 0.2) is 51.8 Å². The molecule has 0 radical (unpaired) electrons. The third-order valence-corrected chi connectivity index (χ3v) is 2.09. The molecule has 3 aromatic heterocycles. The lowest BCUT2D eigenvalue weighted by Crippen LogP contribution is -1.65. The number of fused-ring (bicyclic) bond motifs is 1. The Labute approximate surface area is 80.0 Å². The van der Waals surface area contributed by atoms with E-state index in [-0.39, 0.29) is 0 Å². The summed E-state index contributed by atoms with van der Waals surface area (Å²) in [5.41, 5.74) is 0.777. The number of hydrogen-bond acceptors (Lipinski definition) is 3. The van der Waals surface area contributed by atoms with Crippen molar-refractivity contribution < 1.29 is 8.83 Å². The fraction of sp³-hybridized carbons (Fsp3) is 0. The zero-order valence-electron chi connectivity index (χ0n) is 7.31. The summed E-state index contributed by atoms with van der Waals surface area (Å²) in [7, 11) is 0. The zero-order chi connectivity index (χ0) is 9.38. The molecule has 0 aliphatic rings. The first-order chi connectivity index (χ1) is 6.93. The minimum atomic E-state index is 0.734. The fourth-order valence-electron chi connectivity index (χ4n) is 1.42. The summed E-state index contributed by atoms with van der Waals surface area (Å²) in [6.45, 7) is 0. The van der Waals surface area contributed by atoms with E-state index < -0.39 is 0 Å². The van der Waals surface area contributed by atoms with E-state index in [1.807, 2.05) is 24.3 Å². The summed E-state index contributed by atoms with van der Waals surface area (Å²) in [4.78, 5) is 3.98. The van der Waals surface area contributed by atoms with Gasteiger partial charge >= 0.3 is 0 Å². The van der Waals surface area contributed by atoms with Gasteiger partial charge in [-0.05, 0) is 24.3 Å². The molecule has 0 N–H and O–H groups in total. The Bertz CT molecular complexity index is 518. The van der Waals surface area contributed by atoms with E-state index in [1.54, 1.807) is 18.7 Å². The largest absolute Gasteiger partial charge is 0.461 e. The van der Waals surface area contributed by atoms with Crippen molar-refractivity contribution in [1.82, 2.24) is 4.98 Å². The van der Waals surface area contributed by atoms with Gasteiger partial charge in [0.25, 0.3) is 0 Å². The molecule has 3 nitrogen and oxygen atoms in total. The van der Waals surface area contributed by atoms with Crippen LogP contribution in [0.1, 0.15) is 0 Å². The topological polar surface area (TPSA) is 39.2 Å². The van der Waals surface area contributed by atoms with Crippen LogP contribution in [0, 0.1) is 0 Å². The molecular formula is C11H7NO2. The van der Waals surface area contributed by atoms with E-state index in [4.69, 9.17) is 8.83 Å². The molecule has 0 bridgehead atoms. The molecule has 0 saturated heterocycles. The molecule has 0 atom stereocenters. The molecule has 3 heteroatoms. The van der Waals surface area contributed by atoms with Crippen molar-refractivity contribution in [3.63, 3.8) is 0 Å². The van der Waals surface area contributed by atoms with E-state index in [2.05, 4.69) is 4.98 Å². The van der Waals surface area contributed by atoms with Crippen LogP contribution >= 0.6 is 0 Å². The summed E-state index contributed by atoms with van der Waals surface area (Å²) in [6, 6.07) is 7.55. The van der Waals surface area contributed by atoms with Gasteiger partial charge in [0, 0.05) is 11.6 Å². The molecule has 0 saturated carbocycles. The van der Waals surface area contributed by atoms with E-state index in [9.17, 15) is 0 Å². The Morgan fingerprint density at radius 2 is 2.14 bits per heavy atom. The Kier molecular flexibility index (Phi) is 1.44. The van der Waals surface area contributed by atoms with Crippen LogP contribution in [0.2, 0.25) is 0 Å². The average molecular weight is 185 g/mol. The van der Waals surface area contributed by atoms with E-state index in [0.717, 1.165) is 22.5 Å². The van der Waals surface area contributed by atoms with Crippen molar-refractivity contribution >= 4 is 11.0 Å². The van der Waals surface area contributed by atoms with Crippen molar-refractivity contribution in [3.8, 4) is 11.5 Å². The van der Waals surface area contributed by atoms with Crippen molar-refractivity contribution in [3.05, 3.63) is 42.9 Å². The van der Waals surface area contributed by atoms with Crippen molar-refractivity contribution in [2.24, 2.45) is 0 Å². The molecule has 0 unspecified atom stereocenters. The second-order valence-corrected chi connectivity index (χ2v) is 3.00. The van der Waals surface area contributed by atoms with Gasteiger partial charge in [-0.1, -0.05) is 0 Å². The highest BCUT2D eigenvalue weighted by Gasteiger charge is 2.07. The fourth-order valence-corrected chi connectivity index (χ4v) is 1.42. The van der Waals surface area contributed by atoms with Crippen LogP contribution in [0.3, 0.4) is 0 Å². The highest BCUT2D eigenvalue weighted by Crippen LogP contribution is 2.26. The molecule has 3 rings (SSSR count). The summed E-state index contributed by atoms with van der Waals surface area (Å²) in [6.07, 6.45) is 5.06. The first-order valence-electron chi connectivity index (χ1n) is 4.31. The summed E-state index contributed by atoms with van der Waals surface area (Å²) in [5, 5.41) is 1.03. The molecular weight excluding hydrogens is 178 g/mol. The van der Waals surface area contributed by atoms with Crippen LogP contribution in [0.5, 0.6) is 0 Å². The maximum atomic E-state index is 5.56. The van der Waals surface area contributed by atoms with Gasteiger partial charge in [0.15, 0.2) is 17.1 Å². The highest BCUT2D eigenvalue weighted by molar-refractivity contribution is 5.80. The first kappa shape index (κ1) is 7.38. The van der Waals surface area contributed by atoms with Crippen molar-refractivity contribution in [2.75, 3.05) is 0 Å². The Morgan fingerprint density at radius 3 is 2.93 bits per heavy atom. The minimum Gasteiger partial charge on any atom is -0.461 e. The zero-order valence-corrected chi connectivity index (χ0v) is 7.31. The van der Waals surface area contributed by atoms with Crippen LogP contribution in [-0.2, 0) is 0 Å². The van der Waals surface area contributed by atoms with Gasteiger partial charge < -0.3 is 8.83 Å². The van der Waals surface area contributed by atoms with Gasteiger partial charge in [0.2, 0.25) is 0 Å². The second kappa shape index (κ2) is 2.73. The summed E-state index contributed by atoms with van der Waals surface area (Å²) >= 11 is 0. The van der Waals surface area contributed by atoms with E-state index in [0.29, 0.717) is 0 Å². The predicted molar refractivity (Wildman–Crippen MR) is 51.7 cm³/mol. The maximum Gasteiger partial charge on any atom is 0.170 e. The second-order valence-electron chi connectivity index (χ2n) is 3.00. The molecule has 3 heterocycles. The van der Waals surface area contributed by atoms with Gasteiger partial charge in [0.1, 0.15) is 0 Å². The molecule has 3 aromatic rings. The Hall–Kier alpha value is -2.03. The molecule has 0 aliphatic heterocycles. The van der Waals surface area contributed by atoms with Crippen molar-refractivity contribution in [1.29, 1.82) is 0 Å². The molecule has 0 amide bonds. The number of nitrogens with zero attached hydrogens (tertiary/aromatic N) is 1. The van der Waals surface area contributed by atoms with Gasteiger partial charge in [0.05, 0.1) is 12.5 Å². The minimum absolute atomic E-state index is 0.734. The smallest absolute Gasteiger partial charge is 0.170 e. The Balaban J connectivity index is 2.24. The lowest BCUT2D eigenvalue weighted by molar-refractivity contribution is 0.542. The lowest BCUT2D eigenvalue weighted by Gasteiger charge is -1.86. The molecule has 0 aromatic carbocycles. The molecule has 0 spiro atoms. The summed E-state index contributed by atoms with van der Waals surface area (Å²) in [5.74, 6) is 1.47. The molecule has 0 fully saturated rings. The SMILES string of the molecule is c1coc(-c2cc3ccncc3o2)c1. The van der Waals surface area contributed by atoms with Crippen molar-refractivity contribution in [2.45, 2.75) is 0 Å². The predicted octanol–water partition coefficient (Wildman–Crippen LogP) is 3.09. The number of pyridine rings is 1. The maximum absolute atomic E-state index is 5.56. The average Bonchev–Trinajstić information content (AvgIpc) is 2.86. The van der Waals surface area contributed by atoms with E-state index in [1.165, 1.54) is 0 Å². The normalized spacial score (nSPS) is 10.9. The van der Waals surface area contributed by atoms with Gasteiger partial charge in [-0.2, -0.15) is 0 Å². The quantitative estimate of drug-likeness (QED) is 0.584. The first-order valence-corrected chi connectivity index (χ1v) is 4.31.